The topological polar surface area (TPSA) is 23.8 Å². The van der Waals surface area contributed by atoms with Crippen LogP contribution in [0.3, 0.4) is 0 Å². The molecule has 1 heterocycles. The van der Waals surface area contributed by atoms with Gasteiger partial charge in [0.05, 0.1) is 9.36 Å². The van der Waals surface area contributed by atoms with E-state index in [1.165, 1.54) is 11.3 Å². The van der Waals surface area contributed by atoms with Crippen molar-refractivity contribution in [2.75, 3.05) is 0 Å². The number of nitriles is 1. The monoisotopic (exact) mass is 177 g/mol. The van der Waals surface area contributed by atoms with E-state index in [1.807, 2.05) is 6.07 Å². The van der Waals surface area contributed by atoms with E-state index in [4.69, 9.17) is 28.5 Å². The second kappa shape index (κ2) is 2.57. The minimum Gasteiger partial charge on any atom is -0.191 e. The summed E-state index contributed by atoms with van der Waals surface area (Å²) in [7, 11) is 0. The molecule has 0 amide bonds. The second-order valence-electron chi connectivity index (χ2n) is 1.34. The fraction of sp³-hybridized carbons (Fsp3) is 0. The third kappa shape index (κ3) is 1.36. The maximum Gasteiger partial charge on any atom is 0.124 e. The SMILES string of the molecule is N#Cc1sc(Cl)cc1Cl. The molecule has 0 saturated heterocycles. The van der Waals surface area contributed by atoms with E-state index < -0.39 is 0 Å². The van der Waals surface area contributed by atoms with Crippen molar-refractivity contribution >= 4 is 34.5 Å². The van der Waals surface area contributed by atoms with Gasteiger partial charge in [-0.25, -0.2) is 0 Å². The molecular formula is C5HCl2NS. The van der Waals surface area contributed by atoms with Crippen LogP contribution in [-0.2, 0) is 0 Å². The van der Waals surface area contributed by atoms with E-state index in [2.05, 4.69) is 0 Å². The molecule has 1 rings (SSSR count). The summed E-state index contributed by atoms with van der Waals surface area (Å²) in [5.41, 5.74) is 0. The Bertz CT molecular complexity index is 260. The lowest BCUT2D eigenvalue weighted by atomic mass is 10.5. The molecule has 0 unspecified atom stereocenters. The zero-order valence-electron chi connectivity index (χ0n) is 4.19. The van der Waals surface area contributed by atoms with Crippen molar-refractivity contribution in [2.24, 2.45) is 0 Å². The molecule has 9 heavy (non-hydrogen) atoms. The first-order valence-corrected chi connectivity index (χ1v) is 3.66. The molecule has 0 fully saturated rings. The van der Waals surface area contributed by atoms with Crippen molar-refractivity contribution in [2.45, 2.75) is 0 Å². The molecule has 0 spiro atoms. The first-order valence-electron chi connectivity index (χ1n) is 2.09. The highest BCUT2D eigenvalue weighted by atomic mass is 35.5. The molecule has 0 bridgehead atoms. The molecule has 1 aromatic rings. The van der Waals surface area contributed by atoms with Crippen molar-refractivity contribution in [3.8, 4) is 6.07 Å². The number of hydrogen-bond acceptors (Lipinski definition) is 2. The molecule has 0 saturated carbocycles. The van der Waals surface area contributed by atoms with E-state index in [0.29, 0.717) is 14.2 Å². The Balaban J connectivity index is 3.20. The predicted octanol–water partition coefficient (Wildman–Crippen LogP) is 2.93. The first-order chi connectivity index (χ1) is 4.24. The average Bonchev–Trinajstić information content (AvgIpc) is 2.10. The summed E-state index contributed by atoms with van der Waals surface area (Å²) in [6.45, 7) is 0. The third-order valence-corrected chi connectivity index (χ3v) is 2.34. The average molecular weight is 178 g/mol. The molecule has 1 aromatic heterocycles. The molecule has 0 aromatic carbocycles. The molecule has 0 N–H and O–H groups in total. The van der Waals surface area contributed by atoms with Crippen LogP contribution in [0.25, 0.3) is 0 Å². The van der Waals surface area contributed by atoms with Gasteiger partial charge in [-0.1, -0.05) is 23.2 Å². The van der Waals surface area contributed by atoms with Crippen LogP contribution in [0.15, 0.2) is 6.07 Å². The minimum absolute atomic E-state index is 0.438. The van der Waals surface area contributed by atoms with Gasteiger partial charge in [0.2, 0.25) is 0 Å². The summed E-state index contributed by atoms with van der Waals surface area (Å²) in [5.74, 6) is 0. The van der Waals surface area contributed by atoms with Gasteiger partial charge in [0.25, 0.3) is 0 Å². The highest BCUT2D eigenvalue weighted by molar-refractivity contribution is 7.17. The fourth-order valence-corrected chi connectivity index (χ4v) is 1.72. The summed E-state index contributed by atoms with van der Waals surface area (Å²) in [4.78, 5) is 0.474. The normalized spacial score (nSPS) is 9.00. The van der Waals surface area contributed by atoms with E-state index in [-0.39, 0.29) is 0 Å². The van der Waals surface area contributed by atoms with Gasteiger partial charge in [0.1, 0.15) is 10.9 Å². The van der Waals surface area contributed by atoms with Crippen molar-refractivity contribution in [3.05, 3.63) is 20.3 Å². The van der Waals surface area contributed by atoms with E-state index in [9.17, 15) is 0 Å². The lowest BCUT2D eigenvalue weighted by molar-refractivity contribution is 1.52. The minimum atomic E-state index is 0.438. The number of halogens is 2. The zero-order chi connectivity index (χ0) is 6.85. The number of thiophene rings is 1. The van der Waals surface area contributed by atoms with Crippen molar-refractivity contribution in [1.82, 2.24) is 0 Å². The van der Waals surface area contributed by atoms with Gasteiger partial charge in [-0.15, -0.1) is 11.3 Å². The lowest BCUT2D eigenvalue weighted by Gasteiger charge is -1.73. The summed E-state index contributed by atoms with van der Waals surface area (Å²) in [5, 5.41) is 8.79. The largest absolute Gasteiger partial charge is 0.191 e. The number of hydrogen-bond donors (Lipinski definition) is 0. The fourth-order valence-electron chi connectivity index (χ4n) is 0.417. The van der Waals surface area contributed by atoms with Gasteiger partial charge < -0.3 is 0 Å². The highest BCUT2D eigenvalue weighted by Crippen LogP contribution is 2.29. The molecule has 0 aliphatic rings. The Morgan fingerprint density at radius 2 is 2.22 bits per heavy atom. The van der Waals surface area contributed by atoms with Crippen LogP contribution in [0.5, 0.6) is 0 Å². The summed E-state index contributed by atoms with van der Waals surface area (Å²) in [6.07, 6.45) is 0. The molecule has 0 aliphatic carbocycles. The predicted molar refractivity (Wildman–Crippen MR) is 39.1 cm³/mol. The zero-order valence-corrected chi connectivity index (χ0v) is 6.52. The van der Waals surface area contributed by atoms with Gasteiger partial charge in [-0.2, -0.15) is 5.26 Å². The summed E-state index contributed by atoms with van der Waals surface area (Å²) in [6, 6.07) is 3.48. The number of rotatable bonds is 0. The van der Waals surface area contributed by atoms with E-state index in [0.717, 1.165) is 0 Å². The van der Waals surface area contributed by atoms with Crippen LogP contribution in [-0.4, -0.2) is 0 Å². The quantitative estimate of drug-likeness (QED) is 0.599. The molecular weight excluding hydrogens is 177 g/mol. The Morgan fingerprint density at radius 3 is 2.44 bits per heavy atom. The summed E-state index contributed by atoms with van der Waals surface area (Å²) < 4.78 is 0.552. The molecule has 0 radical (unpaired) electrons. The number of nitrogens with zero attached hydrogens (tertiary/aromatic N) is 1. The van der Waals surface area contributed by atoms with Gasteiger partial charge in [-0.3, -0.25) is 0 Å². The van der Waals surface area contributed by atoms with E-state index >= 15 is 0 Å². The third-order valence-electron chi connectivity index (χ3n) is 0.758. The lowest BCUT2D eigenvalue weighted by Crippen LogP contribution is -1.57. The van der Waals surface area contributed by atoms with Crippen LogP contribution in [0.2, 0.25) is 9.36 Å². The summed E-state index contributed by atoms with van der Waals surface area (Å²) >= 11 is 12.3. The molecule has 1 nitrogen and oxygen atoms in total. The maximum absolute atomic E-state index is 8.35. The Labute approximate surface area is 66.4 Å². The molecule has 0 atom stereocenters. The van der Waals surface area contributed by atoms with Crippen LogP contribution in [0, 0.1) is 11.3 Å². The molecule has 0 aliphatic heterocycles. The Morgan fingerprint density at radius 1 is 1.56 bits per heavy atom. The van der Waals surface area contributed by atoms with Crippen LogP contribution in [0.1, 0.15) is 4.88 Å². The smallest absolute Gasteiger partial charge is 0.124 e. The van der Waals surface area contributed by atoms with Gasteiger partial charge >= 0.3 is 0 Å². The standard InChI is InChI=1S/C5HCl2NS/c6-3-1-5(7)9-4(3)2-8/h1H. The Kier molecular flexibility index (Phi) is 1.97. The van der Waals surface area contributed by atoms with E-state index in [1.54, 1.807) is 6.07 Å². The maximum atomic E-state index is 8.35. The van der Waals surface area contributed by atoms with Crippen LogP contribution >= 0.6 is 34.5 Å². The van der Waals surface area contributed by atoms with Gasteiger partial charge in [0, 0.05) is 0 Å². The van der Waals surface area contributed by atoms with Crippen LogP contribution in [0.4, 0.5) is 0 Å². The second-order valence-corrected chi connectivity index (χ2v) is 3.43. The van der Waals surface area contributed by atoms with Crippen LogP contribution < -0.4 is 0 Å². The van der Waals surface area contributed by atoms with Gasteiger partial charge in [0.15, 0.2) is 0 Å². The van der Waals surface area contributed by atoms with Gasteiger partial charge in [-0.05, 0) is 6.07 Å². The molecule has 46 valence electrons. The van der Waals surface area contributed by atoms with Crippen molar-refractivity contribution in [3.63, 3.8) is 0 Å². The first kappa shape index (κ1) is 6.88. The molecule has 4 heteroatoms. The van der Waals surface area contributed by atoms with Crippen molar-refractivity contribution in [1.29, 1.82) is 5.26 Å². The van der Waals surface area contributed by atoms with Crippen molar-refractivity contribution < 1.29 is 0 Å². The highest BCUT2D eigenvalue weighted by Gasteiger charge is 2.02. The Hall–Kier alpha value is -0.230.